The molecule has 1 aromatic heterocycles. The van der Waals surface area contributed by atoms with Gasteiger partial charge >= 0.3 is 0 Å². The number of para-hydroxylation sites is 3. The number of nitriles is 1. The second-order valence-corrected chi connectivity index (χ2v) is 12.1. The first-order valence-corrected chi connectivity index (χ1v) is 16.3. The minimum Gasteiger partial charge on any atom is -0.456 e. The van der Waals surface area contributed by atoms with Gasteiger partial charge in [-0.2, -0.15) is 5.26 Å². The van der Waals surface area contributed by atoms with Gasteiger partial charge in [-0.15, -0.1) is 0 Å². The zero-order chi connectivity index (χ0) is 32.7. The standard InChI is InChI=1S/C45H29N3O/c46-30-31-19-21-35(22-20-31)48(37-24-26-45-42(29-37)40-17-9-10-18-44(40)49-45)43-27-32-11-7-8-16-38(32)41-28-36(23-25-39(41)43)47(33-12-3-1-4-13-33)34-14-5-2-6-15-34/h1-29H. The maximum atomic E-state index is 9.61. The average Bonchev–Trinajstić information content (AvgIpc) is 3.54. The third-order valence-corrected chi connectivity index (χ3v) is 9.22. The Morgan fingerprint density at radius 3 is 1.67 bits per heavy atom. The Labute approximate surface area is 283 Å². The lowest BCUT2D eigenvalue weighted by Gasteiger charge is -2.29. The number of rotatable bonds is 6. The first-order valence-electron chi connectivity index (χ1n) is 16.3. The van der Waals surface area contributed by atoms with Crippen LogP contribution in [-0.2, 0) is 0 Å². The molecule has 0 fully saturated rings. The Balaban J connectivity index is 1.31. The summed E-state index contributed by atoms with van der Waals surface area (Å²) in [5, 5.41) is 16.3. The molecule has 0 N–H and O–H groups in total. The van der Waals surface area contributed by atoms with Gasteiger partial charge in [-0.3, -0.25) is 0 Å². The van der Waals surface area contributed by atoms with Crippen molar-refractivity contribution in [2.45, 2.75) is 0 Å². The van der Waals surface area contributed by atoms with Gasteiger partial charge < -0.3 is 14.2 Å². The van der Waals surface area contributed by atoms with Gasteiger partial charge in [0.05, 0.1) is 17.3 Å². The molecule has 0 atom stereocenters. The lowest BCUT2D eigenvalue weighted by Crippen LogP contribution is -2.12. The van der Waals surface area contributed by atoms with Gasteiger partial charge in [0.15, 0.2) is 0 Å². The molecular weight excluding hydrogens is 599 g/mol. The highest BCUT2D eigenvalue weighted by Gasteiger charge is 2.21. The van der Waals surface area contributed by atoms with Crippen LogP contribution in [0.15, 0.2) is 180 Å². The van der Waals surface area contributed by atoms with E-state index in [0.717, 1.165) is 72.2 Å². The predicted octanol–water partition coefficient (Wildman–Crippen LogP) is 12.7. The van der Waals surface area contributed by atoms with E-state index in [2.05, 4.69) is 137 Å². The van der Waals surface area contributed by atoms with Crippen LogP contribution in [0.3, 0.4) is 0 Å². The van der Waals surface area contributed by atoms with Crippen LogP contribution in [-0.4, -0.2) is 0 Å². The SMILES string of the molecule is N#Cc1ccc(N(c2ccc3oc4ccccc4c3c2)c2cc3ccccc3c3cc(N(c4ccccc4)c4ccccc4)ccc23)cc1. The van der Waals surface area contributed by atoms with E-state index in [0.29, 0.717) is 5.56 Å². The first-order chi connectivity index (χ1) is 24.2. The lowest BCUT2D eigenvalue weighted by atomic mass is 9.97. The number of hydrogen-bond donors (Lipinski definition) is 0. The van der Waals surface area contributed by atoms with Crippen LogP contribution in [0.4, 0.5) is 34.1 Å². The topological polar surface area (TPSA) is 43.4 Å². The van der Waals surface area contributed by atoms with E-state index in [9.17, 15) is 5.26 Å². The van der Waals surface area contributed by atoms with E-state index in [-0.39, 0.29) is 0 Å². The molecule has 9 rings (SSSR count). The zero-order valence-corrected chi connectivity index (χ0v) is 26.5. The van der Waals surface area contributed by atoms with Crippen molar-refractivity contribution in [1.29, 1.82) is 5.26 Å². The molecule has 0 aliphatic carbocycles. The van der Waals surface area contributed by atoms with Gasteiger partial charge in [0.2, 0.25) is 0 Å². The molecule has 8 aromatic carbocycles. The van der Waals surface area contributed by atoms with Gasteiger partial charge in [-0.25, -0.2) is 0 Å². The van der Waals surface area contributed by atoms with Crippen molar-refractivity contribution in [2.24, 2.45) is 0 Å². The van der Waals surface area contributed by atoms with Gasteiger partial charge in [-0.1, -0.05) is 84.9 Å². The van der Waals surface area contributed by atoms with Crippen LogP contribution in [0.1, 0.15) is 5.56 Å². The van der Waals surface area contributed by atoms with Gasteiger partial charge in [0.25, 0.3) is 0 Å². The van der Waals surface area contributed by atoms with Gasteiger partial charge in [0, 0.05) is 44.6 Å². The molecule has 0 aliphatic heterocycles. The summed E-state index contributed by atoms with van der Waals surface area (Å²) < 4.78 is 6.21. The van der Waals surface area contributed by atoms with Crippen LogP contribution < -0.4 is 9.80 Å². The molecule has 0 saturated carbocycles. The van der Waals surface area contributed by atoms with Crippen molar-refractivity contribution in [3.05, 3.63) is 181 Å². The highest BCUT2D eigenvalue weighted by Crippen LogP contribution is 2.45. The van der Waals surface area contributed by atoms with Crippen LogP contribution in [0.5, 0.6) is 0 Å². The van der Waals surface area contributed by atoms with E-state index in [4.69, 9.17) is 4.42 Å². The van der Waals surface area contributed by atoms with Crippen molar-refractivity contribution in [1.82, 2.24) is 0 Å². The van der Waals surface area contributed by atoms with Crippen LogP contribution in [0, 0.1) is 11.3 Å². The van der Waals surface area contributed by atoms with Crippen molar-refractivity contribution in [2.75, 3.05) is 9.80 Å². The summed E-state index contributed by atoms with van der Waals surface area (Å²) in [5.74, 6) is 0. The Hall–Kier alpha value is -6.83. The molecule has 4 nitrogen and oxygen atoms in total. The van der Waals surface area contributed by atoms with Crippen molar-refractivity contribution in [3.8, 4) is 6.07 Å². The molecule has 9 aromatic rings. The fraction of sp³-hybridized carbons (Fsp3) is 0. The monoisotopic (exact) mass is 627 g/mol. The van der Waals surface area contributed by atoms with E-state index in [1.807, 2.05) is 54.6 Å². The summed E-state index contributed by atoms with van der Waals surface area (Å²) in [4.78, 5) is 4.60. The normalized spacial score (nSPS) is 11.2. The molecule has 0 spiro atoms. The number of fused-ring (bicyclic) bond motifs is 6. The van der Waals surface area contributed by atoms with E-state index < -0.39 is 0 Å². The molecule has 0 amide bonds. The maximum Gasteiger partial charge on any atom is 0.135 e. The molecule has 0 unspecified atom stereocenters. The second kappa shape index (κ2) is 11.8. The summed E-state index contributed by atoms with van der Waals surface area (Å²) >= 11 is 0. The number of nitrogens with zero attached hydrogens (tertiary/aromatic N) is 3. The van der Waals surface area contributed by atoms with Crippen LogP contribution >= 0.6 is 0 Å². The van der Waals surface area contributed by atoms with E-state index >= 15 is 0 Å². The predicted molar refractivity (Wildman–Crippen MR) is 203 cm³/mol. The lowest BCUT2D eigenvalue weighted by molar-refractivity contribution is 0.669. The molecular formula is C45H29N3O. The molecule has 0 bridgehead atoms. The zero-order valence-electron chi connectivity index (χ0n) is 26.5. The maximum absolute atomic E-state index is 9.61. The minimum absolute atomic E-state index is 0.620. The minimum atomic E-state index is 0.620. The van der Waals surface area contributed by atoms with E-state index in [1.54, 1.807) is 0 Å². The van der Waals surface area contributed by atoms with Crippen LogP contribution in [0.2, 0.25) is 0 Å². The number of benzene rings is 8. The van der Waals surface area contributed by atoms with Gasteiger partial charge in [0.1, 0.15) is 11.2 Å². The fourth-order valence-corrected chi connectivity index (χ4v) is 6.96. The largest absolute Gasteiger partial charge is 0.456 e. The van der Waals surface area contributed by atoms with Gasteiger partial charge in [-0.05, 0) is 107 Å². The third kappa shape index (κ3) is 4.93. The summed E-state index contributed by atoms with van der Waals surface area (Å²) in [7, 11) is 0. The molecule has 1 heterocycles. The summed E-state index contributed by atoms with van der Waals surface area (Å²) in [6.45, 7) is 0. The van der Waals surface area contributed by atoms with Crippen molar-refractivity contribution >= 4 is 77.6 Å². The molecule has 0 radical (unpaired) electrons. The summed E-state index contributed by atoms with van der Waals surface area (Å²) in [5.41, 5.74) is 8.59. The highest BCUT2D eigenvalue weighted by atomic mass is 16.3. The molecule has 4 heteroatoms. The Morgan fingerprint density at radius 2 is 0.939 bits per heavy atom. The molecule has 0 aliphatic rings. The van der Waals surface area contributed by atoms with Crippen molar-refractivity contribution in [3.63, 3.8) is 0 Å². The fourth-order valence-electron chi connectivity index (χ4n) is 6.96. The number of furan rings is 1. The quantitative estimate of drug-likeness (QED) is 0.172. The third-order valence-electron chi connectivity index (χ3n) is 9.22. The molecule has 49 heavy (non-hydrogen) atoms. The Bertz CT molecular complexity index is 2630. The van der Waals surface area contributed by atoms with Crippen LogP contribution in [0.25, 0.3) is 43.5 Å². The molecule has 230 valence electrons. The average molecular weight is 628 g/mol. The molecule has 0 saturated heterocycles. The van der Waals surface area contributed by atoms with Crippen molar-refractivity contribution < 1.29 is 4.42 Å². The van der Waals surface area contributed by atoms with E-state index in [1.165, 1.54) is 5.39 Å². The second-order valence-electron chi connectivity index (χ2n) is 12.1. The Morgan fingerprint density at radius 1 is 0.388 bits per heavy atom. The number of anilines is 6. The first kappa shape index (κ1) is 28.4. The highest BCUT2D eigenvalue weighted by molar-refractivity contribution is 6.16. The summed E-state index contributed by atoms with van der Waals surface area (Å²) in [6, 6.07) is 63.3. The summed E-state index contributed by atoms with van der Waals surface area (Å²) in [6.07, 6.45) is 0. The smallest absolute Gasteiger partial charge is 0.135 e. The number of hydrogen-bond acceptors (Lipinski definition) is 4. The Kier molecular flexibility index (Phi) is 6.81.